The summed E-state index contributed by atoms with van der Waals surface area (Å²) >= 11 is 0. The first-order chi connectivity index (χ1) is 17.6. The van der Waals surface area contributed by atoms with Gasteiger partial charge in [-0.3, -0.25) is 9.59 Å². The topological polar surface area (TPSA) is 106 Å². The van der Waals surface area contributed by atoms with Crippen LogP contribution in [0.25, 0.3) is 22.2 Å². The molecule has 0 spiro atoms. The van der Waals surface area contributed by atoms with Gasteiger partial charge in [0.25, 0.3) is 5.91 Å². The molecular weight excluding hydrogens is 456 g/mol. The van der Waals surface area contributed by atoms with Crippen molar-refractivity contribution in [2.45, 2.75) is 32.1 Å². The van der Waals surface area contributed by atoms with Gasteiger partial charge < -0.3 is 19.9 Å². The normalized spacial score (nSPS) is 10.8. The Morgan fingerprint density at radius 3 is 2.50 bits per heavy atom. The van der Waals surface area contributed by atoms with Gasteiger partial charge in [-0.1, -0.05) is 41.9 Å². The van der Waals surface area contributed by atoms with E-state index in [1.165, 1.54) is 0 Å². The number of carbonyl (C=O) groups is 2. The van der Waals surface area contributed by atoms with Crippen LogP contribution in [0, 0.1) is 0 Å². The van der Waals surface area contributed by atoms with E-state index in [0.29, 0.717) is 36.8 Å². The van der Waals surface area contributed by atoms with Gasteiger partial charge in [0.05, 0.1) is 7.11 Å². The van der Waals surface area contributed by atoms with E-state index in [0.717, 1.165) is 41.3 Å². The minimum Gasteiger partial charge on any atom is -0.497 e. The van der Waals surface area contributed by atoms with E-state index in [2.05, 4.69) is 20.8 Å². The highest BCUT2D eigenvalue weighted by molar-refractivity contribution is 5.98. The number of aromatic nitrogens is 2. The van der Waals surface area contributed by atoms with E-state index in [9.17, 15) is 9.59 Å². The van der Waals surface area contributed by atoms with Gasteiger partial charge in [0, 0.05) is 37.1 Å². The summed E-state index contributed by atoms with van der Waals surface area (Å²) in [6, 6.07) is 21.0. The van der Waals surface area contributed by atoms with E-state index in [4.69, 9.17) is 9.26 Å². The molecule has 186 valence electrons. The number of nitrogens with zero attached hydrogens (tertiary/aromatic N) is 2. The third-order valence-corrected chi connectivity index (χ3v) is 5.86. The molecule has 8 heteroatoms. The molecular formula is C28H30N4O4. The molecule has 2 N–H and O–H groups in total. The van der Waals surface area contributed by atoms with Crippen LogP contribution in [0.1, 0.15) is 41.9 Å². The molecule has 0 bridgehead atoms. The number of hydrogen-bond acceptors (Lipinski definition) is 6. The van der Waals surface area contributed by atoms with Crippen molar-refractivity contribution in [3.05, 3.63) is 78.2 Å². The number of methoxy groups -OCH3 is 1. The van der Waals surface area contributed by atoms with Crippen molar-refractivity contribution in [2.75, 3.05) is 20.2 Å². The van der Waals surface area contributed by atoms with Crippen LogP contribution in [-0.4, -0.2) is 42.2 Å². The highest BCUT2D eigenvalue weighted by Gasteiger charge is 2.10. The molecule has 0 atom stereocenters. The Balaban J connectivity index is 1.07. The molecule has 1 aromatic heterocycles. The lowest BCUT2D eigenvalue weighted by molar-refractivity contribution is -0.120. The molecule has 36 heavy (non-hydrogen) atoms. The Kier molecular flexibility index (Phi) is 8.64. The lowest BCUT2D eigenvalue weighted by atomic mass is 10.1. The number of nitrogens with one attached hydrogen (secondary N) is 2. The number of aryl methyl sites for hydroxylation is 1. The van der Waals surface area contributed by atoms with Crippen molar-refractivity contribution in [3.8, 4) is 17.1 Å². The van der Waals surface area contributed by atoms with Crippen LogP contribution in [-0.2, 0) is 11.2 Å². The summed E-state index contributed by atoms with van der Waals surface area (Å²) in [5.41, 5.74) is 1.47. The molecule has 2 amide bonds. The monoisotopic (exact) mass is 486 g/mol. The molecule has 0 fully saturated rings. The van der Waals surface area contributed by atoms with Gasteiger partial charge >= 0.3 is 0 Å². The zero-order valence-electron chi connectivity index (χ0n) is 20.3. The fourth-order valence-electron chi connectivity index (χ4n) is 3.83. The maximum absolute atomic E-state index is 12.4. The smallest absolute Gasteiger partial charge is 0.251 e. The second-order valence-corrected chi connectivity index (χ2v) is 8.47. The molecule has 1 heterocycles. The third kappa shape index (κ3) is 6.91. The third-order valence-electron chi connectivity index (χ3n) is 5.86. The number of rotatable bonds is 12. The first-order valence-electron chi connectivity index (χ1n) is 12.1. The Morgan fingerprint density at radius 1 is 0.889 bits per heavy atom. The maximum atomic E-state index is 12.4. The molecule has 0 saturated heterocycles. The summed E-state index contributed by atoms with van der Waals surface area (Å²) < 4.78 is 10.5. The molecule has 0 aliphatic rings. The van der Waals surface area contributed by atoms with Crippen molar-refractivity contribution in [1.29, 1.82) is 0 Å². The second-order valence-electron chi connectivity index (χ2n) is 8.47. The van der Waals surface area contributed by atoms with Gasteiger partial charge in [-0.15, -0.1) is 0 Å². The Morgan fingerprint density at radius 2 is 1.69 bits per heavy atom. The van der Waals surface area contributed by atoms with Gasteiger partial charge in [-0.2, -0.15) is 4.98 Å². The van der Waals surface area contributed by atoms with Crippen LogP contribution in [0.15, 0.2) is 71.3 Å². The number of carbonyl (C=O) groups excluding carboxylic acids is 2. The van der Waals surface area contributed by atoms with Crippen LogP contribution in [0.2, 0.25) is 0 Å². The van der Waals surface area contributed by atoms with Gasteiger partial charge in [-0.05, 0) is 60.0 Å². The number of amides is 2. The molecule has 8 nitrogen and oxygen atoms in total. The minimum atomic E-state index is -0.176. The van der Waals surface area contributed by atoms with Crippen LogP contribution < -0.4 is 15.4 Å². The molecule has 0 unspecified atom stereocenters. The van der Waals surface area contributed by atoms with Gasteiger partial charge in [0.15, 0.2) is 0 Å². The molecule has 0 aliphatic heterocycles. The van der Waals surface area contributed by atoms with E-state index in [-0.39, 0.29) is 18.2 Å². The first kappa shape index (κ1) is 24.9. The van der Waals surface area contributed by atoms with Crippen molar-refractivity contribution < 1.29 is 18.8 Å². The van der Waals surface area contributed by atoms with Crippen LogP contribution in [0.5, 0.6) is 5.75 Å². The maximum Gasteiger partial charge on any atom is 0.251 e. The zero-order valence-corrected chi connectivity index (χ0v) is 20.3. The summed E-state index contributed by atoms with van der Waals surface area (Å²) in [6.45, 7) is 0.892. The largest absolute Gasteiger partial charge is 0.497 e. The number of fused-ring (bicyclic) bond motifs is 1. The number of unbranched alkanes of at least 4 members (excludes halogenated alkanes) is 2. The van der Waals surface area contributed by atoms with Crippen molar-refractivity contribution in [3.63, 3.8) is 0 Å². The Labute approximate surface area is 210 Å². The van der Waals surface area contributed by atoms with E-state index >= 15 is 0 Å². The summed E-state index contributed by atoms with van der Waals surface area (Å²) in [7, 11) is 1.63. The van der Waals surface area contributed by atoms with E-state index in [1.54, 1.807) is 13.2 Å². The van der Waals surface area contributed by atoms with Gasteiger partial charge in [0.2, 0.25) is 17.6 Å². The van der Waals surface area contributed by atoms with Crippen molar-refractivity contribution in [1.82, 2.24) is 20.8 Å². The number of ether oxygens (including phenoxy) is 1. The Hall–Kier alpha value is -4.20. The zero-order chi connectivity index (χ0) is 25.2. The minimum absolute atomic E-state index is 0.0742. The molecule has 0 aliphatic carbocycles. The van der Waals surface area contributed by atoms with E-state index in [1.807, 2.05) is 60.7 Å². The SMILES string of the molecule is COc1ccc(-c2noc(CCCCCNC(=O)CCNC(=O)c3ccc4ccccc4c3)n2)cc1. The molecule has 0 radical (unpaired) electrons. The summed E-state index contributed by atoms with van der Waals surface area (Å²) in [4.78, 5) is 28.9. The fraction of sp³-hybridized carbons (Fsp3) is 0.286. The molecule has 4 aromatic rings. The summed E-state index contributed by atoms with van der Waals surface area (Å²) in [5, 5.41) is 11.9. The van der Waals surface area contributed by atoms with E-state index < -0.39 is 0 Å². The van der Waals surface area contributed by atoms with Crippen LogP contribution in [0.4, 0.5) is 0 Å². The summed E-state index contributed by atoms with van der Waals surface area (Å²) in [5.74, 6) is 1.69. The van der Waals surface area contributed by atoms with Crippen molar-refractivity contribution in [2.24, 2.45) is 0 Å². The average molecular weight is 487 g/mol. The number of benzene rings is 3. The fourth-order valence-corrected chi connectivity index (χ4v) is 3.83. The Bertz CT molecular complexity index is 1300. The van der Waals surface area contributed by atoms with Crippen LogP contribution >= 0.6 is 0 Å². The summed E-state index contributed by atoms with van der Waals surface area (Å²) in [6.07, 6.45) is 3.61. The molecule has 0 saturated carbocycles. The first-order valence-corrected chi connectivity index (χ1v) is 12.1. The van der Waals surface area contributed by atoms with Crippen LogP contribution in [0.3, 0.4) is 0 Å². The highest BCUT2D eigenvalue weighted by atomic mass is 16.5. The lowest BCUT2D eigenvalue weighted by Crippen LogP contribution is -2.31. The molecule has 3 aromatic carbocycles. The quantitative estimate of drug-likeness (QED) is 0.285. The van der Waals surface area contributed by atoms with Crippen molar-refractivity contribution >= 4 is 22.6 Å². The second kappa shape index (κ2) is 12.5. The average Bonchev–Trinajstić information content (AvgIpc) is 3.39. The van der Waals surface area contributed by atoms with Gasteiger partial charge in [0.1, 0.15) is 5.75 Å². The predicted molar refractivity (Wildman–Crippen MR) is 138 cm³/mol. The van der Waals surface area contributed by atoms with Gasteiger partial charge in [-0.25, -0.2) is 0 Å². The highest BCUT2D eigenvalue weighted by Crippen LogP contribution is 2.20. The standard InChI is InChI=1S/C28H30N4O4/c1-35-24-14-12-21(13-15-24)27-31-26(36-32-27)9-3-2-6-17-29-25(33)16-18-30-28(34)23-11-10-20-7-4-5-8-22(20)19-23/h4-5,7-8,10-15,19H,2-3,6,9,16-18H2,1H3,(H,29,33)(H,30,34). The lowest BCUT2D eigenvalue weighted by Gasteiger charge is -2.07. The molecule has 4 rings (SSSR count). The predicted octanol–water partition coefficient (Wildman–Crippen LogP) is 4.55. The number of hydrogen-bond donors (Lipinski definition) is 2.